The van der Waals surface area contributed by atoms with Crippen LogP contribution in [0.4, 0.5) is 5.69 Å². The molecule has 0 bridgehead atoms. The van der Waals surface area contributed by atoms with Crippen molar-refractivity contribution in [3.8, 4) is 23.0 Å². The number of aromatic hydroxyl groups is 1. The summed E-state index contributed by atoms with van der Waals surface area (Å²) in [6.07, 6.45) is 1.59. The molecule has 0 aliphatic rings. The van der Waals surface area contributed by atoms with E-state index in [0.29, 0.717) is 28.5 Å². The van der Waals surface area contributed by atoms with Gasteiger partial charge in [0.15, 0.2) is 17.1 Å². The van der Waals surface area contributed by atoms with Gasteiger partial charge in [0.25, 0.3) is 0 Å². The van der Waals surface area contributed by atoms with E-state index in [0.717, 1.165) is 26.7 Å². The monoisotopic (exact) mass is 450 g/mol. The van der Waals surface area contributed by atoms with E-state index in [1.54, 1.807) is 18.3 Å². The van der Waals surface area contributed by atoms with Crippen LogP contribution in [0.5, 0.6) is 11.5 Å². The molecular weight excluding hydrogens is 432 g/mol. The first-order valence-electron chi connectivity index (χ1n) is 9.03. The van der Waals surface area contributed by atoms with Crippen molar-refractivity contribution in [3.05, 3.63) is 69.7 Å². The van der Waals surface area contributed by atoms with E-state index in [2.05, 4.69) is 58.0 Å². The Morgan fingerprint density at radius 2 is 1.83 bits per heavy atom. The average molecular weight is 451 g/mol. The third-order valence-electron chi connectivity index (χ3n) is 4.48. The summed E-state index contributed by atoms with van der Waals surface area (Å²) in [5, 5.41) is 10.3. The second-order valence-electron chi connectivity index (χ2n) is 6.85. The molecular formula is C23H19BrN2O3. The normalized spacial score (nSPS) is 11.4. The molecule has 29 heavy (non-hydrogen) atoms. The second kappa shape index (κ2) is 7.72. The zero-order chi connectivity index (χ0) is 20.5. The lowest BCUT2D eigenvalue weighted by Gasteiger charge is -2.06. The van der Waals surface area contributed by atoms with Gasteiger partial charge in [0.05, 0.1) is 12.8 Å². The first kappa shape index (κ1) is 19.2. The van der Waals surface area contributed by atoms with Crippen molar-refractivity contribution in [1.82, 2.24) is 4.98 Å². The van der Waals surface area contributed by atoms with Gasteiger partial charge in [0.2, 0.25) is 5.89 Å². The molecule has 0 saturated carbocycles. The summed E-state index contributed by atoms with van der Waals surface area (Å²) in [6, 6.07) is 15.3. The lowest BCUT2D eigenvalue weighted by atomic mass is 10.1. The largest absolute Gasteiger partial charge is 0.504 e. The van der Waals surface area contributed by atoms with Crippen LogP contribution in [0.15, 0.2) is 62.4 Å². The van der Waals surface area contributed by atoms with Gasteiger partial charge in [-0.3, -0.25) is 4.99 Å². The molecule has 5 nitrogen and oxygen atoms in total. The molecule has 0 saturated heterocycles. The smallest absolute Gasteiger partial charge is 0.227 e. The first-order valence-corrected chi connectivity index (χ1v) is 9.82. The second-order valence-corrected chi connectivity index (χ2v) is 7.77. The van der Waals surface area contributed by atoms with Crippen LogP contribution >= 0.6 is 15.9 Å². The van der Waals surface area contributed by atoms with Crippen molar-refractivity contribution in [2.45, 2.75) is 13.8 Å². The van der Waals surface area contributed by atoms with Crippen LogP contribution in [-0.4, -0.2) is 23.4 Å². The number of hydrogen-bond donors (Lipinski definition) is 1. The fraction of sp³-hybridized carbons (Fsp3) is 0.130. The summed E-state index contributed by atoms with van der Waals surface area (Å²) in [4.78, 5) is 9.09. The van der Waals surface area contributed by atoms with Gasteiger partial charge in [-0.05, 0) is 56.3 Å². The molecule has 146 valence electrons. The molecule has 1 heterocycles. The maximum atomic E-state index is 10.3. The van der Waals surface area contributed by atoms with Crippen LogP contribution in [0.25, 0.3) is 22.6 Å². The lowest BCUT2D eigenvalue weighted by Crippen LogP contribution is -1.89. The zero-order valence-electron chi connectivity index (χ0n) is 16.2. The third kappa shape index (κ3) is 4.03. The fourth-order valence-electron chi connectivity index (χ4n) is 3.21. The van der Waals surface area contributed by atoms with Gasteiger partial charge < -0.3 is 14.3 Å². The predicted octanol–water partition coefficient (Wildman–Crippen LogP) is 6.34. The highest BCUT2D eigenvalue weighted by Crippen LogP contribution is 2.33. The van der Waals surface area contributed by atoms with Crippen LogP contribution in [-0.2, 0) is 0 Å². The number of aryl methyl sites for hydroxylation is 2. The minimum absolute atomic E-state index is 0.0408. The molecule has 4 aromatic rings. The predicted molar refractivity (Wildman–Crippen MR) is 119 cm³/mol. The van der Waals surface area contributed by atoms with E-state index in [1.165, 1.54) is 7.11 Å². The molecule has 0 spiro atoms. The molecule has 3 aromatic carbocycles. The Morgan fingerprint density at radius 3 is 2.55 bits per heavy atom. The van der Waals surface area contributed by atoms with Crippen molar-refractivity contribution < 1.29 is 14.3 Å². The molecule has 0 atom stereocenters. The minimum atomic E-state index is 0.0408. The fourth-order valence-corrected chi connectivity index (χ4v) is 3.66. The number of rotatable bonds is 4. The molecule has 1 aromatic heterocycles. The quantitative estimate of drug-likeness (QED) is 0.368. The first-order chi connectivity index (χ1) is 13.9. The Kier molecular flexibility index (Phi) is 5.11. The Labute approximate surface area is 176 Å². The van der Waals surface area contributed by atoms with E-state index in [4.69, 9.17) is 9.15 Å². The van der Waals surface area contributed by atoms with Crippen LogP contribution in [0, 0.1) is 13.8 Å². The molecule has 1 N–H and O–H groups in total. The molecule has 0 unspecified atom stereocenters. The summed E-state index contributed by atoms with van der Waals surface area (Å²) >= 11 is 3.41. The topological polar surface area (TPSA) is 67.9 Å². The summed E-state index contributed by atoms with van der Waals surface area (Å²) in [7, 11) is 1.51. The standard InChI is InChI=1S/C23H19BrN2O3/c1-13-6-14(2)8-15(7-13)23-26-19-11-18(4-5-20(19)29-23)25-12-16-9-17(24)10-21(28-3)22(16)27/h4-12,27H,1-3H3. The highest BCUT2D eigenvalue weighted by Gasteiger charge is 2.11. The SMILES string of the molecule is COc1cc(Br)cc(C=Nc2ccc3oc(-c4cc(C)cc(C)c4)nc3c2)c1O. The van der Waals surface area contributed by atoms with Crippen molar-refractivity contribution in [1.29, 1.82) is 0 Å². The van der Waals surface area contributed by atoms with Crippen molar-refractivity contribution in [3.63, 3.8) is 0 Å². The van der Waals surface area contributed by atoms with Crippen LogP contribution in [0.3, 0.4) is 0 Å². The number of ether oxygens (including phenoxy) is 1. The van der Waals surface area contributed by atoms with E-state index < -0.39 is 0 Å². The van der Waals surface area contributed by atoms with E-state index in [1.807, 2.05) is 18.2 Å². The van der Waals surface area contributed by atoms with Gasteiger partial charge in [0, 0.05) is 21.8 Å². The number of methoxy groups -OCH3 is 1. The molecule has 0 fully saturated rings. The Morgan fingerprint density at radius 1 is 1.07 bits per heavy atom. The molecule has 6 heteroatoms. The Bertz CT molecular complexity index is 1220. The number of phenolic OH excluding ortho intramolecular Hbond substituents is 1. The van der Waals surface area contributed by atoms with Crippen LogP contribution in [0.1, 0.15) is 16.7 Å². The summed E-state index contributed by atoms with van der Waals surface area (Å²) in [6.45, 7) is 4.11. The van der Waals surface area contributed by atoms with Gasteiger partial charge in [-0.2, -0.15) is 0 Å². The van der Waals surface area contributed by atoms with E-state index in [9.17, 15) is 5.11 Å². The number of fused-ring (bicyclic) bond motifs is 1. The maximum Gasteiger partial charge on any atom is 0.227 e. The van der Waals surface area contributed by atoms with Gasteiger partial charge in [-0.25, -0.2) is 4.98 Å². The summed E-state index contributed by atoms with van der Waals surface area (Å²) in [5.74, 6) is 1.01. The highest BCUT2D eigenvalue weighted by atomic mass is 79.9. The number of oxazole rings is 1. The van der Waals surface area contributed by atoms with Gasteiger partial charge in [-0.1, -0.05) is 33.1 Å². The number of halogens is 1. The highest BCUT2D eigenvalue weighted by molar-refractivity contribution is 9.10. The van der Waals surface area contributed by atoms with E-state index in [-0.39, 0.29) is 5.75 Å². The molecule has 0 aliphatic heterocycles. The van der Waals surface area contributed by atoms with Crippen molar-refractivity contribution >= 4 is 38.9 Å². The van der Waals surface area contributed by atoms with Crippen molar-refractivity contribution in [2.24, 2.45) is 4.99 Å². The van der Waals surface area contributed by atoms with Crippen molar-refractivity contribution in [2.75, 3.05) is 7.11 Å². The molecule has 4 rings (SSSR count). The number of aromatic nitrogens is 1. The number of benzene rings is 3. The zero-order valence-corrected chi connectivity index (χ0v) is 17.8. The number of aliphatic imine (C=N–C) groups is 1. The van der Waals surface area contributed by atoms with E-state index >= 15 is 0 Å². The third-order valence-corrected chi connectivity index (χ3v) is 4.94. The van der Waals surface area contributed by atoms with Crippen LogP contribution in [0.2, 0.25) is 0 Å². The maximum absolute atomic E-state index is 10.3. The number of hydrogen-bond acceptors (Lipinski definition) is 5. The minimum Gasteiger partial charge on any atom is -0.504 e. The number of phenols is 1. The van der Waals surface area contributed by atoms with Gasteiger partial charge >= 0.3 is 0 Å². The number of nitrogens with zero attached hydrogens (tertiary/aromatic N) is 2. The average Bonchev–Trinajstić information content (AvgIpc) is 3.11. The molecule has 0 amide bonds. The summed E-state index contributed by atoms with van der Waals surface area (Å²) < 4.78 is 11.9. The lowest BCUT2D eigenvalue weighted by molar-refractivity contribution is 0.373. The van der Waals surface area contributed by atoms with Gasteiger partial charge in [0.1, 0.15) is 5.52 Å². The molecule has 0 radical (unpaired) electrons. The molecule has 0 aliphatic carbocycles. The summed E-state index contributed by atoms with van der Waals surface area (Å²) in [5.41, 5.74) is 5.96. The van der Waals surface area contributed by atoms with Gasteiger partial charge in [-0.15, -0.1) is 0 Å². The Balaban J connectivity index is 1.68. The Hall–Kier alpha value is -3.12. The van der Waals surface area contributed by atoms with Crippen LogP contribution < -0.4 is 4.74 Å².